The number of thiazole rings is 1. The van der Waals surface area contributed by atoms with Gasteiger partial charge in [0.25, 0.3) is 11.8 Å². The van der Waals surface area contributed by atoms with E-state index >= 15 is 0 Å². The number of amides is 6. The maximum absolute atomic E-state index is 12.6. The predicted molar refractivity (Wildman–Crippen MR) is 217 cm³/mol. The molecule has 0 unspecified atom stereocenters. The Morgan fingerprint density at radius 3 is 1.70 bits per heavy atom. The molecular weight excluding hydrogens is 756 g/mol. The van der Waals surface area contributed by atoms with Gasteiger partial charge in [-0.05, 0) is 59.7 Å². The van der Waals surface area contributed by atoms with Crippen LogP contribution in [0, 0.1) is 0 Å². The third kappa shape index (κ3) is 9.45. The number of aromatic nitrogens is 6. The standard InChI is InChI=1S/C19H22N6O2S.C17H21ClN6O2.C2H6/c1-19(2,3)22-18(27)24-6-7-25-13(9-24)15(17(20)26)16(23-25)11-4-5-14-12(8-11)21-10-28-14;1-17(2,3)21-16(26)23-4-5-24-12(9-23)13(15(19)25)14(22-24)10-6-11(18)8-20-7-10;1-2/h4-5,8,10H,6-7,9H2,1-3H3,(H2,20,26)(H,22,27);6-8H,4-5,9H2,1-3H3,(H2,19,25)(H,21,26);1-2H3. The summed E-state index contributed by atoms with van der Waals surface area (Å²) in [4.78, 5) is 61.1. The molecule has 0 atom stereocenters. The van der Waals surface area contributed by atoms with Gasteiger partial charge >= 0.3 is 12.1 Å². The van der Waals surface area contributed by atoms with Gasteiger partial charge in [-0.2, -0.15) is 10.2 Å². The molecule has 7 rings (SSSR count). The quantitative estimate of drug-likeness (QED) is 0.178. The van der Waals surface area contributed by atoms with E-state index in [0.717, 1.165) is 15.8 Å². The van der Waals surface area contributed by atoms with Crippen molar-refractivity contribution in [2.24, 2.45) is 11.5 Å². The van der Waals surface area contributed by atoms with E-state index < -0.39 is 11.8 Å². The third-order valence-electron chi connectivity index (χ3n) is 8.57. The van der Waals surface area contributed by atoms with E-state index in [1.54, 1.807) is 48.3 Å². The van der Waals surface area contributed by atoms with Crippen LogP contribution in [0.3, 0.4) is 0 Å². The molecule has 4 aromatic heterocycles. The van der Waals surface area contributed by atoms with Crippen molar-refractivity contribution in [1.29, 1.82) is 0 Å². The second kappa shape index (κ2) is 16.7. The number of carbonyl (C=O) groups excluding carboxylic acids is 4. The van der Waals surface area contributed by atoms with Gasteiger partial charge < -0.3 is 31.9 Å². The number of hydrogen-bond acceptors (Lipinski definition) is 9. The molecule has 0 bridgehead atoms. The number of fused-ring (bicyclic) bond motifs is 3. The molecule has 2 aliphatic heterocycles. The lowest BCUT2D eigenvalue weighted by atomic mass is 10.0. The van der Waals surface area contributed by atoms with Gasteiger partial charge in [-0.15, -0.1) is 11.3 Å². The van der Waals surface area contributed by atoms with Gasteiger partial charge in [0.05, 0.1) is 69.4 Å². The number of carbonyl (C=O) groups is 4. The van der Waals surface area contributed by atoms with Gasteiger partial charge in [-0.3, -0.25) is 23.9 Å². The molecule has 0 fully saturated rings. The summed E-state index contributed by atoms with van der Waals surface area (Å²) in [7, 11) is 0. The van der Waals surface area contributed by atoms with Crippen LogP contribution in [0.1, 0.15) is 87.5 Å². The molecule has 6 heterocycles. The average Bonchev–Trinajstić information content (AvgIpc) is 3.86. The van der Waals surface area contributed by atoms with Crippen molar-refractivity contribution in [3.63, 3.8) is 0 Å². The number of nitrogens with one attached hydrogen (secondary N) is 2. The van der Waals surface area contributed by atoms with Crippen LogP contribution in [0.5, 0.6) is 0 Å². The zero-order valence-corrected chi connectivity index (χ0v) is 34.5. The minimum atomic E-state index is -0.598. The molecule has 1 aromatic carbocycles. The first-order chi connectivity index (χ1) is 26.4. The Kier molecular flexibility index (Phi) is 12.4. The maximum Gasteiger partial charge on any atom is 0.318 e. The first-order valence-electron chi connectivity index (χ1n) is 18.3. The van der Waals surface area contributed by atoms with Crippen LogP contribution in [-0.4, -0.2) is 87.4 Å². The fourth-order valence-electron chi connectivity index (χ4n) is 6.25. The van der Waals surface area contributed by atoms with Crippen molar-refractivity contribution >= 4 is 57.0 Å². The van der Waals surface area contributed by atoms with Gasteiger partial charge in [0.2, 0.25) is 0 Å². The van der Waals surface area contributed by atoms with Crippen LogP contribution < -0.4 is 22.1 Å². The van der Waals surface area contributed by atoms with Crippen molar-refractivity contribution in [2.75, 3.05) is 13.1 Å². The molecular formula is C38H49ClN12O4S. The van der Waals surface area contributed by atoms with Gasteiger partial charge in [-0.25, -0.2) is 14.6 Å². The first-order valence-corrected chi connectivity index (χ1v) is 19.5. The number of halogens is 1. The molecule has 56 heavy (non-hydrogen) atoms. The molecule has 298 valence electrons. The summed E-state index contributed by atoms with van der Waals surface area (Å²) in [5.74, 6) is -1.15. The summed E-state index contributed by atoms with van der Waals surface area (Å²) in [5.41, 5.74) is 17.6. The Bertz CT molecular complexity index is 2270. The Morgan fingerprint density at radius 1 is 0.732 bits per heavy atom. The number of nitrogens with two attached hydrogens (primary N) is 2. The maximum atomic E-state index is 12.6. The number of benzene rings is 1. The predicted octanol–water partition coefficient (Wildman–Crippen LogP) is 5.63. The monoisotopic (exact) mass is 804 g/mol. The number of nitrogens with zero attached hydrogens (tertiary/aromatic N) is 8. The number of urea groups is 2. The Morgan fingerprint density at radius 2 is 1.23 bits per heavy atom. The van der Waals surface area contributed by atoms with Crippen molar-refractivity contribution < 1.29 is 19.2 Å². The van der Waals surface area contributed by atoms with Crippen molar-refractivity contribution in [2.45, 2.75) is 92.6 Å². The molecule has 18 heteroatoms. The highest BCUT2D eigenvalue weighted by atomic mass is 35.5. The summed E-state index contributed by atoms with van der Waals surface area (Å²) in [6.07, 6.45) is 3.08. The van der Waals surface area contributed by atoms with Crippen molar-refractivity contribution in [3.05, 3.63) is 69.7 Å². The minimum Gasteiger partial charge on any atom is -0.365 e. The lowest BCUT2D eigenvalue weighted by Crippen LogP contribution is -2.50. The summed E-state index contributed by atoms with van der Waals surface area (Å²) in [5, 5.41) is 15.5. The molecule has 0 saturated heterocycles. The molecule has 2 aliphatic rings. The van der Waals surface area contributed by atoms with Crippen molar-refractivity contribution in [3.8, 4) is 22.5 Å². The van der Waals surface area contributed by atoms with Gasteiger partial charge in [0, 0.05) is 47.7 Å². The number of hydrogen-bond donors (Lipinski definition) is 4. The van der Waals surface area contributed by atoms with Crippen LogP contribution in [0.2, 0.25) is 5.02 Å². The third-order valence-corrected chi connectivity index (χ3v) is 9.59. The molecule has 0 aliphatic carbocycles. The van der Waals surface area contributed by atoms with Gasteiger partial charge in [0.1, 0.15) is 11.4 Å². The lowest BCUT2D eigenvalue weighted by Gasteiger charge is -2.31. The SMILES string of the molecule is CC.CC(C)(C)NC(=O)N1CCn2nc(-c3ccc4scnc4c3)c(C(N)=O)c2C1.CC(C)(C)NC(=O)N1CCn2nc(-c3cncc(Cl)c3)c(C(N)=O)c2C1. The van der Waals surface area contributed by atoms with E-state index in [2.05, 4.69) is 30.8 Å². The summed E-state index contributed by atoms with van der Waals surface area (Å²) >= 11 is 7.56. The molecule has 0 saturated carbocycles. The number of rotatable bonds is 4. The van der Waals surface area contributed by atoms with E-state index in [1.165, 1.54) is 6.20 Å². The topological polar surface area (TPSA) is 212 Å². The molecule has 5 aromatic rings. The van der Waals surface area contributed by atoms with E-state index in [4.69, 9.17) is 23.1 Å². The fourth-order valence-corrected chi connectivity index (χ4v) is 7.08. The van der Waals surface area contributed by atoms with Crippen LogP contribution >= 0.6 is 22.9 Å². The first kappa shape index (κ1) is 41.6. The van der Waals surface area contributed by atoms with E-state index in [1.807, 2.05) is 73.6 Å². The molecule has 6 amide bonds. The number of pyridine rings is 1. The van der Waals surface area contributed by atoms with E-state index in [-0.39, 0.29) is 36.2 Å². The Balaban J connectivity index is 0.000000206. The molecule has 6 N–H and O–H groups in total. The molecule has 0 radical (unpaired) electrons. The zero-order valence-electron chi connectivity index (χ0n) is 32.9. The highest BCUT2D eigenvalue weighted by Crippen LogP contribution is 2.32. The second-order valence-corrected chi connectivity index (χ2v) is 16.5. The van der Waals surface area contributed by atoms with Gasteiger partial charge in [0.15, 0.2) is 0 Å². The van der Waals surface area contributed by atoms with Crippen LogP contribution in [0.15, 0.2) is 42.2 Å². The average molecular weight is 805 g/mol. The van der Waals surface area contributed by atoms with Crippen LogP contribution in [0.25, 0.3) is 32.7 Å². The zero-order chi connectivity index (χ0) is 41.1. The van der Waals surface area contributed by atoms with E-state index in [0.29, 0.717) is 70.7 Å². The minimum absolute atomic E-state index is 0.166. The van der Waals surface area contributed by atoms with Crippen LogP contribution in [0.4, 0.5) is 9.59 Å². The normalized spacial score (nSPS) is 13.7. The van der Waals surface area contributed by atoms with Crippen molar-refractivity contribution in [1.82, 2.24) is 50.0 Å². The second-order valence-electron chi connectivity index (χ2n) is 15.1. The largest absolute Gasteiger partial charge is 0.365 e. The summed E-state index contributed by atoms with van der Waals surface area (Å²) < 4.78 is 4.57. The number of primary amides is 2. The fraction of sp³-hybridized carbons (Fsp3) is 0.421. The molecule has 16 nitrogen and oxygen atoms in total. The summed E-state index contributed by atoms with van der Waals surface area (Å²) in [6.45, 7) is 18.1. The lowest BCUT2D eigenvalue weighted by molar-refractivity contribution is 0.0989. The van der Waals surface area contributed by atoms with Crippen LogP contribution in [-0.2, 0) is 26.2 Å². The summed E-state index contributed by atoms with van der Waals surface area (Å²) in [6, 6.07) is 7.13. The highest BCUT2D eigenvalue weighted by molar-refractivity contribution is 7.16. The van der Waals surface area contributed by atoms with Gasteiger partial charge in [-0.1, -0.05) is 31.5 Å². The Labute approximate surface area is 334 Å². The molecule has 0 spiro atoms. The smallest absolute Gasteiger partial charge is 0.318 e. The Hall–Kier alpha value is -5.55. The highest BCUT2D eigenvalue weighted by Gasteiger charge is 2.32. The van der Waals surface area contributed by atoms with E-state index in [9.17, 15) is 19.2 Å².